The van der Waals surface area contributed by atoms with Crippen molar-refractivity contribution in [3.63, 3.8) is 0 Å². The first-order chi connectivity index (χ1) is 8.90. The van der Waals surface area contributed by atoms with Crippen molar-refractivity contribution in [3.05, 3.63) is 0 Å². The Bertz CT molecular complexity index is 408. The highest BCUT2D eigenvalue weighted by molar-refractivity contribution is 5.26. The monoisotopic (exact) mass is 260 g/mol. The van der Waals surface area contributed by atoms with Crippen molar-refractivity contribution in [3.8, 4) is 0 Å². The average molecular weight is 260 g/mol. The first kappa shape index (κ1) is 12.7. The van der Waals surface area contributed by atoms with Crippen LogP contribution in [0.2, 0.25) is 0 Å². The Labute approximate surface area is 119 Å². The third kappa shape index (κ3) is 1.28. The molecule has 19 heavy (non-hydrogen) atoms. The van der Waals surface area contributed by atoms with Gasteiger partial charge in [-0.05, 0) is 84.9 Å². The highest BCUT2D eigenvalue weighted by Crippen LogP contribution is 2.85. The second-order valence-corrected chi connectivity index (χ2v) is 9.52. The quantitative estimate of drug-likeness (QED) is 0.585. The van der Waals surface area contributed by atoms with Crippen molar-refractivity contribution < 1.29 is 0 Å². The summed E-state index contributed by atoms with van der Waals surface area (Å²) in [6.45, 7) is 9.93. The van der Waals surface area contributed by atoms with Crippen LogP contribution in [0.25, 0.3) is 0 Å². The Hall–Kier alpha value is 0. The van der Waals surface area contributed by atoms with Gasteiger partial charge in [-0.15, -0.1) is 0 Å². The molecule has 5 rings (SSSR count). The molecule has 5 unspecified atom stereocenters. The zero-order valence-corrected chi connectivity index (χ0v) is 13.5. The van der Waals surface area contributed by atoms with Crippen molar-refractivity contribution in [1.82, 2.24) is 0 Å². The van der Waals surface area contributed by atoms with Crippen molar-refractivity contribution in [2.45, 2.75) is 85.5 Å². The first-order valence-corrected chi connectivity index (χ1v) is 8.90. The molecule has 5 atom stereocenters. The predicted octanol–water partition coefficient (Wildman–Crippen LogP) is 5.81. The van der Waals surface area contributed by atoms with Crippen LogP contribution in [0, 0.1) is 33.5 Å². The molecule has 0 saturated heterocycles. The Balaban J connectivity index is 1.48. The summed E-state index contributed by atoms with van der Waals surface area (Å²) in [6, 6.07) is 0. The molecule has 1 spiro atoms. The Kier molecular flexibility index (Phi) is 2.29. The fraction of sp³-hybridized carbons (Fsp3) is 1.00. The summed E-state index contributed by atoms with van der Waals surface area (Å²) < 4.78 is 0. The van der Waals surface area contributed by atoms with Crippen LogP contribution < -0.4 is 0 Å². The summed E-state index contributed by atoms with van der Waals surface area (Å²) >= 11 is 0. The van der Waals surface area contributed by atoms with Gasteiger partial charge in [0, 0.05) is 0 Å². The van der Waals surface area contributed by atoms with Crippen LogP contribution in [0.1, 0.15) is 85.5 Å². The lowest BCUT2D eigenvalue weighted by atomic mass is 9.34. The van der Waals surface area contributed by atoms with Crippen LogP contribution in [-0.2, 0) is 0 Å². The largest absolute Gasteiger partial charge is 0.0654 e. The molecular weight excluding hydrogens is 228 g/mol. The normalized spacial score (nSPS) is 56.2. The molecule has 0 N–H and O–H groups in total. The van der Waals surface area contributed by atoms with Crippen molar-refractivity contribution in [2.24, 2.45) is 33.5 Å². The number of hydrogen-bond donors (Lipinski definition) is 0. The highest BCUT2D eigenvalue weighted by Gasteiger charge is 2.77. The molecule has 0 aliphatic heterocycles. The summed E-state index contributed by atoms with van der Waals surface area (Å²) in [4.78, 5) is 0. The van der Waals surface area contributed by atoms with Gasteiger partial charge in [0.1, 0.15) is 0 Å². The van der Waals surface area contributed by atoms with E-state index in [0.717, 1.165) is 16.7 Å². The zero-order valence-electron chi connectivity index (χ0n) is 13.5. The Morgan fingerprint density at radius 3 is 2.26 bits per heavy atom. The smallest absolute Gasteiger partial charge is 0.0230 e. The van der Waals surface area contributed by atoms with E-state index in [0.29, 0.717) is 10.8 Å². The molecule has 5 aliphatic rings. The summed E-state index contributed by atoms with van der Waals surface area (Å²) in [6.07, 6.45) is 13.9. The Morgan fingerprint density at radius 2 is 1.74 bits per heavy atom. The standard InChI is InChI=1S/C19H32/c1-5-6-14-18-8-7-15(18)19(14,12-11-18)10-9-17(4)13-16(17,2)3/h14-15H,5-13H2,1-4H3. The summed E-state index contributed by atoms with van der Waals surface area (Å²) in [5.74, 6) is 2.30. The van der Waals surface area contributed by atoms with E-state index in [2.05, 4.69) is 27.7 Å². The molecule has 5 saturated carbocycles. The molecular formula is C19H32. The Morgan fingerprint density at radius 1 is 1.00 bits per heavy atom. The molecule has 0 aromatic rings. The molecule has 0 amide bonds. The van der Waals surface area contributed by atoms with Gasteiger partial charge in [0.2, 0.25) is 0 Å². The van der Waals surface area contributed by atoms with E-state index >= 15 is 0 Å². The van der Waals surface area contributed by atoms with Gasteiger partial charge in [0.05, 0.1) is 0 Å². The van der Waals surface area contributed by atoms with Gasteiger partial charge in [0.25, 0.3) is 0 Å². The van der Waals surface area contributed by atoms with Gasteiger partial charge < -0.3 is 0 Å². The van der Waals surface area contributed by atoms with Crippen molar-refractivity contribution in [1.29, 1.82) is 0 Å². The van der Waals surface area contributed by atoms with E-state index in [1.54, 1.807) is 32.1 Å². The van der Waals surface area contributed by atoms with Crippen molar-refractivity contribution in [2.75, 3.05) is 0 Å². The summed E-state index contributed by atoms with van der Waals surface area (Å²) in [7, 11) is 0. The van der Waals surface area contributed by atoms with Gasteiger partial charge in [-0.1, -0.05) is 34.1 Å². The number of hydrogen-bond acceptors (Lipinski definition) is 0. The number of rotatable bonds is 5. The molecule has 0 heteroatoms. The fourth-order valence-electron chi connectivity index (χ4n) is 7.15. The lowest BCUT2D eigenvalue weighted by molar-refractivity contribution is -0.217. The minimum absolute atomic E-state index is 0.642. The van der Waals surface area contributed by atoms with E-state index in [4.69, 9.17) is 0 Å². The van der Waals surface area contributed by atoms with Crippen LogP contribution >= 0.6 is 0 Å². The minimum Gasteiger partial charge on any atom is -0.0654 e. The maximum absolute atomic E-state index is 2.56. The van der Waals surface area contributed by atoms with Gasteiger partial charge >= 0.3 is 0 Å². The molecule has 5 aliphatic carbocycles. The molecule has 0 heterocycles. The van der Waals surface area contributed by atoms with Gasteiger partial charge in [-0.25, -0.2) is 0 Å². The van der Waals surface area contributed by atoms with E-state index < -0.39 is 0 Å². The molecule has 108 valence electrons. The lowest BCUT2D eigenvalue weighted by Gasteiger charge is -2.70. The third-order valence-electron chi connectivity index (χ3n) is 8.79. The van der Waals surface area contributed by atoms with Gasteiger partial charge in [0.15, 0.2) is 0 Å². The third-order valence-corrected chi connectivity index (χ3v) is 8.79. The topological polar surface area (TPSA) is 0 Å². The molecule has 5 fully saturated rings. The van der Waals surface area contributed by atoms with Crippen LogP contribution in [-0.4, -0.2) is 0 Å². The number of fused-ring (bicyclic) bond motifs is 1. The second-order valence-electron chi connectivity index (χ2n) is 9.52. The minimum atomic E-state index is 0.642. The summed E-state index contributed by atoms with van der Waals surface area (Å²) in [5.41, 5.74) is 3.04. The van der Waals surface area contributed by atoms with Crippen LogP contribution in [0.5, 0.6) is 0 Å². The molecule has 0 aromatic heterocycles. The summed E-state index contributed by atoms with van der Waals surface area (Å²) in [5, 5.41) is 0. The molecule has 0 aromatic carbocycles. The highest BCUT2D eigenvalue weighted by atomic mass is 14.8. The molecule has 0 radical (unpaired) electrons. The van der Waals surface area contributed by atoms with Gasteiger partial charge in [-0.2, -0.15) is 0 Å². The van der Waals surface area contributed by atoms with Gasteiger partial charge in [-0.3, -0.25) is 0 Å². The van der Waals surface area contributed by atoms with E-state index in [9.17, 15) is 0 Å². The second kappa shape index (κ2) is 3.42. The van der Waals surface area contributed by atoms with E-state index in [1.165, 1.54) is 31.6 Å². The van der Waals surface area contributed by atoms with Crippen LogP contribution in [0.4, 0.5) is 0 Å². The average Bonchev–Trinajstić information content (AvgIpc) is 2.62. The van der Waals surface area contributed by atoms with E-state index in [1.807, 2.05) is 0 Å². The van der Waals surface area contributed by atoms with Crippen LogP contribution in [0.3, 0.4) is 0 Å². The van der Waals surface area contributed by atoms with Crippen LogP contribution in [0.15, 0.2) is 0 Å². The fourth-order valence-corrected chi connectivity index (χ4v) is 7.15. The SMILES string of the molecule is CCCC1C23CCC2C1(CCC1(C)CC1(C)C)CC3. The molecule has 2 bridgehead atoms. The molecule has 0 nitrogen and oxygen atoms in total. The zero-order chi connectivity index (χ0) is 13.5. The maximum Gasteiger partial charge on any atom is -0.0230 e. The first-order valence-electron chi connectivity index (χ1n) is 8.90. The van der Waals surface area contributed by atoms with Crippen molar-refractivity contribution >= 4 is 0 Å². The maximum atomic E-state index is 2.56. The lowest BCUT2D eigenvalue weighted by Crippen LogP contribution is -2.63. The predicted molar refractivity (Wildman–Crippen MR) is 81.0 cm³/mol. The van der Waals surface area contributed by atoms with E-state index in [-0.39, 0.29) is 0 Å².